The number of carbonyl (C=O) groups excluding carboxylic acids is 1. The number of esters is 1. The zero-order valence-corrected chi connectivity index (χ0v) is 24.1. The second-order valence-corrected chi connectivity index (χ2v) is 10.8. The lowest BCUT2D eigenvalue weighted by Crippen LogP contribution is -2.40. The Morgan fingerprint density at radius 1 is 0.930 bits per heavy atom. The number of rotatable bonds is 8. The summed E-state index contributed by atoms with van der Waals surface area (Å²) in [5.74, 6) is -0.289. The average molecular weight is 591 g/mol. The molecule has 0 fully saturated rings. The van der Waals surface area contributed by atoms with Gasteiger partial charge in [-0.2, -0.15) is 0 Å². The summed E-state index contributed by atoms with van der Waals surface area (Å²) in [4.78, 5) is 32.7. The van der Waals surface area contributed by atoms with E-state index in [-0.39, 0.29) is 17.7 Å². The van der Waals surface area contributed by atoms with Crippen LogP contribution in [0, 0.1) is 5.82 Å². The monoisotopic (exact) mass is 590 g/mol. The van der Waals surface area contributed by atoms with Crippen LogP contribution in [0.1, 0.15) is 35.2 Å². The molecule has 0 saturated heterocycles. The molecular weight excluding hydrogens is 563 g/mol. The highest BCUT2D eigenvalue weighted by molar-refractivity contribution is 7.07. The molecule has 6 rings (SSSR count). The van der Waals surface area contributed by atoms with Crippen molar-refractivity contribution in [3.8, 4) is 5.75 Å². The maximum atomic E-state index is 14.0. The van der Waals surface area contributed by atoms with Crippen molar-refractivity contribution >= 4 is 29.1 Å². The van der Waals surface area contributed by atoms with Crippen LogP contribution in [0.25, 0.3) is 11.8 Å². The van der Waals surface area contributed by atoms with E-state index >= 15 is 0 Å². The maximum absolute atomic E-state index is 14.0. The van der Waals surface area contributed by atoms with Gasteiger partial charge in [0, 0.05) is 5.56 Å². The van der Waals surface area contributed by atoms with Crippen molar-refractivity contribution in [3.05, 3.63) is 163 Å². The van der Waals surface area contributed by atoms with Gasteiger partial charge in [0.15, 0.2) is 4.80 Å². The largest absolute Gasteiger partial charge is 0.489 e. The Bertz CT molecular complexity index is 1960. The molecule has 43 heavy (non-hydrogen) atoms. The van der Waals surface area contributed by atoms with Crippen LogP contribution in [0.15, 0.2) is 125 Å². The molecule has 5 aromatic rings. The van der Waals surface area contributed by atoms with Crippen LogP contribution in [-0.4, -0.2) is 17.1 Å². The van der Waals surface area contributed by atoms with Gasteiger partial charge in [-0.3, -0.25) is 9.36 Å². The predicted molar refractivity (Wildman–Crippen MR) is 165 cm³/mol. The second kappa shape index (κ2) is 12.4. The molecule has 1 aromatic heterocycles. The Kier molecular flexibility index (Phi) is 8.11. The number of hydrogen-bond acceptors (Lipinski definition) is 6. The number of aromatic nitrogens is 1. The van der Waals surface area contributed by atoms with E-state index in [1.165, 1.54) is 28.0 Å². The van der Waals surface area contributed by atoms with E-state index in [0.717, 1.165) is 11.1 Å². The Hall–Kier alpha value is -5.08. The minimum absolute atomic E-state index is 0.149. The average Bonchev–Trinajstić information content (AvgIpc) is 3.35. The fourth-order valence-electron chi connectivity index (χ4n) is 4.95. The van der Waals surface area contributed by atoms with Gasteiger partial charge >= 0.3 is 5.97 Å². The van der Waals surface area contributed by atoms with Gasteiger partial charge in [0.25, 0.3) is 5.56 Å². The van der Waals surface area contributed by atoms with Gasteiger partial charge in [-0.25, -0.2) is 14.2 Å². The summed E-state index contributed by atoms with van der Waals surface area (Å²) in [6, 6.07) is 31.6. The first kappa shape index (κ1) is 28.1. The SMILES string of the molecule is CCOC(=O)C1=C(c2ccccc2)N=c2s/c(=C\c3ccc(OCc4ccccc4)cc3)c(=O)n2C1c1ccc(F)cc1. The highest BCUT2D eigenvalue weighted by Crippen LogP contribution is 2.35. The summed E-state index contributed by atoms with van der Waals surface area (Å²) in [5, 5.41) is 0. The molecule has 1 aliphatic heterocycles. The molecule has 0 saturated carbocycles. The van der Waals surface area contributed by atoms with Crippen molar-refractivity contribution in [1.29, 1.82) is 0 Å². The summed E-state index contributed by atoms with van der Waals surface area (Å²) in [7, 11) is 0. The third-order valence-corrected chi connectivity index (χ3v) is 7.97. The minimum atomic E-state index is -0.859. The lowest BCUT2D eigenvalue weighted by Gasteiger charge is -2.25. The van der Waals surface area contributed by atoms with Gasteiger partial charge in [0.2, 0.25) is 0 Å². The number of nitrogens with zero attached hydrogens (tertiary/aromatic N) is 2. The normalized spacial score (nSPS) is 14.7. The highest BCUT2D eigenvalue weighted by atomic mass is 32.1. The molecule has 0 amide bonds. The van der Waals surface area contributed by atoms with Gasteiger partial charge in [0.05, 0.1) is 28.5 Å². The van der Waals surface area contributed by atoms with Crippen LogP contribution < -0.4 is 19.6 Å². The summed E-state index contributed by atoms with van der Waals surface area (Å²) in [5.41, 5.74) is 3.49. The maximum Gasteiger partial charge on any atom is 0.338 e. The van der Waals surface area contributed by atoms with Crippen molar-refractivity contribution in [2.24, 2.45) is 4.99 Å². The molecule has 1 aliphatic rings. The van der Waals surface area contributed by atoms with E-state index in [2.05, 4.69) is 0 Å². The second-order valence-electron chi connectivity index (χ2n) is 9.83. The predicted octanol–water partition coefficient (Wildman–Crippen LogP) is 5.65. The zero-order chi connectivity index (χ0) is 29.8. The van der Waals surface area contributed by atoms with E-state index in [0.29, 0.717) is 38.5 Å². The van der Waals surface area contributed by atoms with E-state index in [1.54, 1.807) is 25.1 Å². The number of halogens is 1. The number of benzene rings is 4. The van der Waals surface area contributed by atoms with Gasteiger partial charge in [0.1, 0.15) is 18.2 Å². The number of thiazole rings is 1. The summed E-state index contributed by atoms with van der Waals surface area (Å²) >= 11 is 1.23. The van der Waals surface area contributed by atoms with Crippen molar-refractivity contribution < 1.29 is 18.7 Å². The first-order chi connectivity index (χ1) is 21.0. The fraction of sp³-hybridized carbons (Fsp3) is 0.114. The molecule has 2 heterocycles. The number of hydrogen-bond donors (Lipinski definition) is 0. The highest BCUT2D eigenvalue weighted by Gasteiger charge is 2.35. The van der Waals surface area contributed by atoms with Crippen LogP contribution in [0.5, 0.6) is 5.75 Å². The first-order valence-electron chi connectivity index (χ1n) is 13.8. The zero-order valence-electron chi connectivity index (χ0n) is 23.3. The van der Waals surface area contributed by atoms with Crippen LogP contribution in [0.4, 0.5) is 4.39 Å². The summed E-state index contributed by atoms with van der Waals surface area (Å²) < 4.78 is 27.3. The van der Waals surface area contributed by atoms with Crippen LogP contribution in [-0.2, 0) is 16.1 Å². The van der Waals surface area contributed by atoms with E-state index < -0.39 is 17.8 Å². The van der Waals surface area contributed by atoms with E-state index in [9.17, 15) is 14.0 Å². The molecule has 0 aliphatic carbocycles. The molecule has 8 heteroatoms. The molecule has 0 spiro atoms. The Labute approximate surface area is 251 Å². The third-order valence-electron chi connectivity index (χ3n) is 6.99. The van der Waals surface area contributed by atoms with Crippen molar-refractivity contribution in [1.82, 2.24) is 4.57 Å². The standard InChI is InChI=1S/C35H27FN2O4S/c1-2-41-34(40)30-31(25-11-7-4-8-12-25)37-35-38(32(30)26-15-17-27(36)18-16-26)33(39)29(43-35)21-23-13-19-28(20-14-23)42-22-24-9-5-3-6-10-24/h3-21,32H,2,22H2,1H3/b29-21-. The van der Waals surface area contributed by atoms with Crippen molar-refractivity contribution in [3.63, 3.8) is 0 Å². The molecule has 6 nitrogen and oxygen atoms in total. The van der Waals surface area contributed by atoms with Crippen LogP contribution in [0.2, 0.25) is 0 Å². The summed E-state index contributed by atoms with van der Waals surface area (Å²) in [6.45, 7) is 2.32. The topological polar surface area (TPSA) is 69.9 Å². The quantitative estimate of drug-likeness (QED) is 0.219. The third kappa shape index (κ3) is 5.96. The minimum Gasteiger partial charge on any atom is -0.489 e. The van der Waals surface area contributed by atoms with Gasteiger partial charge in [-0.05, 0) is 54.0 Å². The molecule has 4 aromatic carbocycles. The van der Waals surface area contributed by atoms with Gasteiger partial charge in [-0.15, -0.1) is 0 Å². The number of ether oxygens (including phenoxy) is 2. The molecule has 1 unspecified atom stereocenters. The Morgan fingerprint density at radius 2 is 1.60 bits per heavy atom. The van der Waals surface area contributed by atoms with Crippen LogP contribution in [0.3, 0.4) is 0 Å². The molecule has 0 radical (unpaired) electrons. The number of carbonyl (C=O) groups is 1. The van der Waals surface area contributed by atoms with E-state index in [1.807, 2.05) is 84.9 Å². The van der Waals surface area contributed by atoms with Crippen molar-refractivity contribution in [2.75, 3.05) is 6.61 Å². The smallest absolute Gasteiger partial charge is 0.338 e. The Balaban J connectivity index is 1.45. The molecule has 0 bridgehead atoms. The van der Waals surface area contributed by atoms with Crippen LogP contribution >= 0.6 is 11.3 Å². The molecular formula is C35H27FN2O4S. The molecule has 1 atom stereocenters. The lowest BCUT2D eigenvalue weighted by atomic mass is 9.93. The number of fused-ring (bicyclic) bond motifs is 1. The van der Waals surface area contributed by atoms with E-state index in [4.69, 9.17) is 14.5 Å². The van der Waals surface area contributed by atoms with Gasteiger partial charge < -0.3 is 9.47 Å². The first-order valence-corrected chi connectivity index (χ1v) is 14.6. The van der Waals surface area contributed by atoms with Crippen molar-refractivity contribution in [2.45, 2.75) is 19.6 Å². The molecule has 214 valence electrons. The molecule has 0 N–H and O–H groups in total. The Morgan fingerprint density at radius 3 is 2.28 bits per heavy atom. The fourth-order valence-corrected chi connectivity index (χ4v) is 5.95. The van der Waals surface area contributed by atoms with Gasteiger partial charge in [-0.1, -0.05) is 96.3 Å². The summed E-state index contributed by atoms with van der Waals surface area (Å²) in [6.07, 6.45) is 1.79. The lowest BCUT2D eigenvalue weighted by molar-refractivity contribution is -0.138.